The van der Waals surface area contributed by atoms with E-state index in [2.05, 4.69) is 31.1 Å². The number of rotatable bonds is 6. The molecule has 0 radical (unpaired) electrons. The first-order valence-corrected chi connectivity index (χ1v) is 9.77. The first kappa shape index (κ1) is 19.1. The van der Waals surface area contributed by atoms with E-state index in [1.54, 1.807) is 12.1 Å². The zero-order valence-corrected chi connectivity index (χ0v) is 16.7. The quantitative estimate of drug-likeness (QED) is 0.748. The number of carbonyl (C=O) groups is 1. The summed E-state index contributed by atoms with van der Waals surface area (Å²) in [6.45, 7) is 2.71. The van der Waals surface area contributed by atoms with Crippen LogP contribution in [0.4, 0.5) is 0 Å². The van der Waals surface area contributed by atoms with Crippen molar-refractivity contribution >= 4 is 33.4 Å². The van der Waals surface area contributed by atoms with Crippen LogP contribution in [0.15, 0.2) is 47.1 Å². The van der Waals surface area contributed by atoms with Gasteiger partial charge in [-0.3, -0.25) is 14.7 Å². The topological polar surface area (TPSA) is 54.5 Å². The van der Waals surface area contributed by atoms with Crippen molar-refractivity contribution in [3.8, 4) is 5.75 Å². The van der Waals surface area contributed by atoms with Crippen LogP contribution in [0.3, 0.4) is 0 Å². The number of aromatic nitrogens is 1. The molecule has 0 unspecified atom stereocenters. The Morgan fingerprint density at radius 3 is 2.81 bits per heavy atom. The number of hydrogen-bond donors (Lipinski definition) is 1. The molecule has 26 heavy (non-hydrogen) atoms. The first-order valence-electron chi connectivity index (χ1n) is 8.59. The molecular weight excluding hydrogens is 418 g/mol. The highest BCUT2D eigenvalue weighted by Gasteiger charge is 2.21. The Balaban J connectivity index is 1.39. The van der Waals surface area contributed by atoms with Crippen molar-refractivity contribution in [2.24, 2.45) is 0 Å². The lowest BCUT2D eigenvalue weighted by Crippen LogP contribution is -2.45. The van der Waals surface area contributed by atoms with E-state index >= 15 is 0 Å². The molecule has 0 spiro atoms. The number of halogens is 2. The normalized spacial score (nSPS) is 15.6. The Hall–Kier alpha value is -1.63. The molecule has 1 amide bonds. The van der Waals surface area contributed by atoms with Gasteiger partial charge in [0.15, 0.2) is 6.61 Å². The standard InChI is InChI=1S/C19H21BrClN3O2/c20-14-4-5-18(17(21)11-14)26-13-19(25)23-15-6-9-24(10-7-15)12-16-3-1-2-8-22-16/h1-5,8,11,15H,6-7,9-10,12-13H2,(H,23,25). The van der Waals surface area contributed by atoms with Crippen molar-refractivity contribution < 1.29 is 9.53 Å². The highest BCUT2D eigenvalue weighted by molar-refractivity contribution is 9.10. The van der Waals surface area contributed by atoms with Crippen molar-refractivity contribution in [2.75, 3.05) is 19.7 Å². The van der Waals surface area contributed by atoms with Crippen molar-refractivity contribution in [3.63, 3.8) is 0 Å². The number of ether oxygens (including phenoxy) is 1. The second-order valence-corrected chi connectivity index (χ2v) is 7.63. The van der Waals surface area contributed by atoms with Gasteiger partial charge in [0.1, 0.15) is 5.75 Å². The Morgan fingerprint density at radius 1 is 1.31 bits per heavy atom. The third-order valence-electron chi connectivity index (χ3n) is 4.32. The van der Waals surface area contributed by atoms with Crippen LogP contribution in [-0.4, -0.2) is 41.5 Å². The summed E-state index contributed by atoms with van der Waals surface area (Å²) in [4.78, 5) is 18.9. The SMILES string of the molecule is O=C(COc1ccc(Br)cc1Cl)NC1CCN(Cc2ccccn2)CC1. The summed E-state index contributed by atoms with van der Waals surface area (Å²) in [7, 11) is 0. The van der Waals surface area contributed by atoms with E-state index < -0.39 is 0 Å². The van der Waals surface area contributed by atoms with Gasteiger partial charge in [0.2, 0.25) is 0 Å². The van der Waals surface area contributed by atoms with Gasteiger partial charge in [-0.1, -0.05) is 33.6 Å². The molecule has 138 valence electrons. The lowest BCUT2D eigenvalue weighted by Gasteiger charge is -2.32. The van der Waals surface area contributed by atoms with Gasteiger partial charge in [-0.15, -0.1) is 0 Å². The number of hydrogen-bond acceptors (Lipinski definition) is 4. The molecule has 1 saturated heterocycles. The fourth-order valence-electron chi connectivity index (χ4n) is 2.96. The maximum Gasteiger partial charge on any atom is 0.258 e. The van der Waals surface area contributed by atoms with Gasteiger partial charge in [0.05, 0.1) is 10.7 Å². The molecule has 1 N–H and O–H groups in total. The maximum atomic E-state index is 12.1. The molecular formula is C19H21BrClN3O2. The molecule has 7 heteroatoms. The molecule has 3 rings (SSSR count). The lowest BCUT2D eigenvalue weighted by molar-refractivity contribution is -0.124. The number of nitrogens with one attached hydrogen (secondary N) is 1. The second-order valence-electron chi connectivity index (χ2n) is 6.30. The van der Waals surface area contributed by atoms with Crippen molar-refractivity contribution in [2.45, 2.75) is 25.4 Å². The molecule has 2 aromatic rings. The zero-order chi connectivity index (χ0) is 18.4. The average molecular weight is 439 g/mol. The molecule has 0 atom stereocenters. The number of nitrogens with zero attached hydrogens (tertiary/aromatic N) is 2. The highest BCUT2D eigenvalue weighted by atomic mass is 79.9. The van der Waals surface area contributed by atoms with E-state index in [0.717, 1.165) is 42.6 Å². The summed E-state index contributed by atoms with van der Waals surface area (Å²) >= 11 is 9.43. The molecule has 1 aliphatic heterocycles. The zero-order valence-electron chi connectivity index (χ0n) is 14.3. The van der Waals surface area contributed by atoms with Gasteiger partial charge < -0.3 is 10.1 Å². The van der Waals surface area contributed by atoms with Gasteiger partial charge in [0, 0.05) is 36.3 Å². The number of benzene rings is 1. The van der Waals surface area contributed by atoms with E-state index in [9.17, 15) is 4.79 Å². The van der Waals surface area contributed by atoms with E-state index in [1.807, 2.05) is 30.5 Å². The summed E-state index contributed by atoms with van der Waals surface area (Å²) in [5.74, 6) is 0.391. The van der Waals surface area contributed by atoms with Crippen LogP contribution >= 0.6 is 27.5 Å². The molecule has 1 fully saturated rings. The second kappa shape index (κ2) is 9.35. The molecule has 1 aromatic heterocycles. The number of amides is 1. The minimum absolute atomic E-state index is 0.0322. The third kappa shape index (κ3) is 5.69. The molecule has 2 heterocycles. The number of carbonyl (C=O) groups excluding carboxylic acids is 1. The fourth-order valence-corrected chi connectivity index (χ4v) is 3.69. The monoisotopic (exact) mass is 437 g/mol. The Bertz CT molecular complexity index is 737. The third-order valence-corrected chi connectivity index (χ3v) is 5.11. The van der Waals surface area contributed by atoms with Crippen molar-refractivity contribution in [1.29, 1.82) is 0 Å². The Morgan fingerprint density at radius 2 is 2.12 bits per heavy atom. The fraction of sp³-hybridized carbons (Fsp3) is 0.368. The predicted octanol–water partition coefficient (Wildman–Crippen LogP) is 3.66. The summed E-state index contributed by atoms with van der Waals surface area (Å²) < 4.78 is 6.38. The summed E-state index contributed by atoms with van der Waals surface area (Å²) in [5, 5.41) is 3.53. The highest BCUT2D eigenvalue weighted by Crippen LogP contribution is 2.27. The van der Waals surface area contributed by atoms with Crippen LogP contribution in [0.1, 0.15) is 18.5 Å². The largest absolute Gasteiger partial charge is 0.482 e. The van der Waals surface area contributed by atoms with Crippen LogP contribution in [0.2, 0.25) is 5.02 Å². The van der Waals surface area contributed by atoms with E-state index in [4.69, 9.17) is 16.3 Å². The van der Waals surface area contributed by atoms with Crippen LogP contribution in [0.5, 0.6) is 5.75 Å². The minimum atomic E-state index is -0.118. The molecule has 5 nitrogen and oxygen atoms in total. The van der Waals surface area contributed by atoms with Crippen molar-refractivity contribution in [3.05, 3.63) is 57.8 Å². The van der Waals surface area contributed by atoms with Gasteiger partial charge in [-0.25, -0.2) is 0 Å². The molecule has 0 aliphatic carbocycles. The summed E-state index contributed by atoms with van der Waals surface area (Å²) in [6.07, 6.45) is 3.68. The predicted molar refractivity (Wildman–Crippen MR) is 105 cm³/mol. The molecule has 1 aliphatic rings. The Labute approximate surface area is 166 Å². The summed E-state index contributed by atoms with van der Waals surface area (Å²) in [6, 6.07) is 11.5. The number of piperidine rings is 1. The van der Waals surface area contributed by atoms with E-state index in [0.29, 0.717) is 10.8 Å². The van der Waals surface area contributed by atoms with Crippen LogP contribution in [0, 0.1) is 0 Å². The van der Waals surface area contributed by atoms with Gasteiger partial charge in [-0.05, 0) is 43.2 Å². The average Bonchev–Trinajstić information content (AvgIpc) is 2.63. The van der Waals surface area contributed by atoms with Crippen LogP contribution in [0.25, 0.3) is 0 Å². The van der Waals surface area contributed by atoms with Gasteiger partial charge in [0.25, 0.3) is 5.91 Å². The molecule has 0 saturated carbocycles. The molecule has 0 bridgehead atoms. The van der Waals surface area contributed by atoms with Gasteiger partial charge in [-0.2, -0.15) is 0 Å². The number of likely N-dealkylation sites (tertiary alicyclic amines) is 1. The van der Waals surface area contributed by atoms with E-state index in [-0.39, 0.29) is 18.6 Å². The first-order chi connectivity index (χ1) is 12.6. The number of pyridine rings is 1. The Kier molecular flexibility index (Phi) is 6.88. The molecule has 1 aromatic carbocycles. The minimum Gasteiger partial charge on any atom is -0.482 e. The lowest BCUT2D eigenvalue weighted by atomic mass is 10.0. The van der Waals surface area contributed by atoms with Crippen molar-refractivity contribution in [1.82, 2.24) is 15.2 Å². The van der Waals surface area contributed by atoms with E-state index in [1.165, 1.54) is 0 Å². The van der Waals surface area contributed by atoms with Crippen LogP contribution < -0.4 is 10.1 Å². The summed E-state index contributed by atoms with van der Waals surface area (Å²) in [5.41, 5.74) is 1.08. The maximum absolute atomic E-state index is 12.1. The van der Waals surface area contributed by atoms with Crippen LogP contribution in [-0.2, 0) is 11.3 Å². The van der Waals surface area contributed by atoms with Gasteiger partial charge >= 0.3 is 0 Å². The smallest absolute Gasteiger partial charge is 0.258 e.